The number of unbranched alkanes of at least 4 members (excludes halogenated alkanes) is 2. The number of hydrogen-bond acceptors (Lipinski definition) is 12. The third-order valence-electron chi connectivity index (χ3n) is 10.4. The molecule has 0 unspecified atom stereocenters. The molecule has 2 saturated heterocycles. The van der Waals surface area contributed by atoms with Gasteiger partial charge in [0.25, 0.3) is 11.8 Å². The van der Waals surface area contributed by atoms with Crippen LogP contribution in [0.2, 0.25) is 0 Å². The molecule has 26 heteroatoms. The first kappa shape index (κ1) is 51.0. The van der Waals surface area contributed by atoms with Crippen molar-refractivity contribution in [3.05, 3.63) is 59.2 Å². The molecule has 20 nitrogen and oxygen atoms in total. The van der Waals surface area contributed by atoms with Crippen LogP contribution in [0.5, 0.6) is 0 Å². The molecule has 1 aromatic heterocycles. The average Bonchev–Trinajstić information content (AvgIpc) is 3.28. The zero-order valence-corrected chi connectivity index (χ0v) is 36.6. The number of piperazine rings is 2. The molecule has 13 N–H and O–H groups in total. The largest absolute Gasteiger partial charge is 0.416 e. The van der Waals surface area contributed by atoms with Crippen LogP contribution in [0.25, 0.3) is 0 Å². The Morgan fingerprint density at radius 3 is 1.46 bits per heavy atom. The van der Waals surface area contributed by atoms with E-state index >= 15 is 0 Å². The molecule has 2 aliphatic heterocycles. The maximum atomic E-state index is 14.4. The minimum Gasteiger partial charge on any atom is -0.370 e. The number of rotatable bonds is 18. The van der Waals surface area contributed by atoms with E-state index in [-0.39, 0.29) is 78.5 Å². The normalized spacial score (nSPS) is 14.5. The van der Waals surface area contributed by atoms with Crippen molar-refractivity contribution in [2.75, 3.05) is 104 Å². The maximum absolute atomic E-state index is 14.4. The summed E-state index contributed by atoms with van der Waals surface area (Å²) in [5.74, 6) is -3.25. The Labute approximate surface area is 381 Å². The second-order valence-electron chi connectivity index (χ2n) is 15.4. The number of carbonyl (C=O) groups excluding carboxylic acids is 4. The second kappa shape index (κ2) is 23.5. The van der Waals surface area contributed by atoms with Crippen LogP contribution >= 0.6 is 0 Å². The number of anilines is 6. The van der Waals surface area contributed by atoms with Gasteiger partial charge in [-0.15, -0.1) is 0 Å². The fourth-order valence-electron chi connectivity index (χ4n) is 7.15. The summed E-state index contributed by atoms with van der Waals surface area (Å²) in [6, 6.07) is 3.92. The van der Waals surface area contributed by atoms with Crippen molar-refractivity contribution in [3.63, 3.8) is 0 Å². The quantitative estimate of drug-likeness (QED) is 0.0380. The highest BCUT2D eigenvalue weighted by Gasteiger charge is 2.36. The smallest absolute Gasteiger partial charge is 0.370 e. The number of benzene rings is 2. The van der Waals surface area contributed by atoms with Crippen LogP contribution in [0.3, 0.4) is 0 Å². The van der Waals surface area contributed by atoms with Gasteiger partial charge in [0.05, 0.1) is 45.3 Å². The van der Waals surface area contributed by atoms with Crippen LogP contribution in [0.4, 0.5) is 60.5 Å². The molecule has 0 saturated carbocycles. The van der Waals surface area contributed by atoms with Gasteiger partial charge >= 0.3 is 12.4 Å². The molecule has 2 aromatic carbocycles. The van der Waals surface area contributed by atoms with Crippen LogP contribution in [0, 0.1) is 0 Å². The molecular weight excluding hydrogens is 895 g/mol. The van der Waals surface area contributed by atoms with Crippen LogP contribution in [-0.4, -0.2) is 118 Å². The lowest BCUT2D eigenvalue weighted by molar-refractivity contribution is -0.138. The number of nitrogens with two attached hydrogens (primary N) is 3. The molecule has 364 valence electrons. The van der Waals surface area contributed by atoms with Gasteiger partial charge in [0, 0.05) is 91.4 Å². The standard InChI is InChI=1S/C41H54F6N16O4/c1-51-39(50)55-9-5-3-7-33(65)59-27-19-25(41(45,46)47)21-29(35(27)63-16-12-53-13-17-63)61-37(67)31-22-30(56-23-57-31)36(66)60-28-20-24(40(42,43)44)18-26(34(28)62-14-10-52-11-15-62)58-32(64)6-2-4-8-54-38(48)49/h18-23,52-53H,2-17H2,1H3,(H,58,64)(H,59,65)(H,60,66)(H,61,67)(H4,48,49,54)(H3,50,51,55). The van der Waals surface area contributed by atoms with E-state index in [1.165, 1.54) is 7.05 Å². The third-order valence-corrected chi connectivity index (χ3v) is 10.4. The number of amides is 4. The lowest BCUT2D eigenvalue weighted by atomic mass is 10.1. The van der Waals surface area contributed by atoms with Gasteiger partial charge in [-0.05, 0) is 49.9 Å². The Kier molecular flexibility index (Phi) is 17.9. The Balaban J connectivity index is 1.44. The molecule has 2 fully saturated rings. The predicted molar refractivity (Wildman–Crippen MR) is 242 cm³/mol. The van der Waals surface area contributed by atoms with Gasteiger partial charge in [-0.1, -0.05) is 0 Å². The fourth-order valence-corrected chi connectivity index (χ4v) is 7.15. The van der Waals surface area contributed by atoms with Gasteiger partial charge in [0.2, 0.25) is 11.8 Å². The molecule has 3 aromatic rings. The van der Waals surface area contributed by atoms with E-state index in [4.69, 9.17) is 17.2 Å². The number of halogens is 6. The molecule has 3 heterocycles. The summed E-state index contributed by atoms with van der Waals surface area (Å²) in [7, 11) is 1.50. The van der Waals surface area contributed by atoms with E-state index in [9.17, 15) is 45.5 Å². The Morgan fingerprint density at radius 1 is 0.642 bits per heavy atom. The van der Waals surface area contributed by atoms with Crippen molar-refractivity contribution in [2.45, 2.75) is 50.9 Å². The number of nitrogens with zero attached hydrogens (tertiary/aromatic N) is 6. The van der Waals surface area contributed by atoms with E-state index in [0.717, 1.165) is 30.6 Å². The SMILES string of the molecule is CN=C(N)NCCCCC(=O)Nc1cc(C(F)(F)F)cc(NC(=O)c2cc(C(=O)Nc3cc(C(F)(F)F)cc(NC(=O)CCCCN=C(N)N)c3N3CCNCC3)ncn2)c1N1CCNCC1. The number of hydrogen-bond donors (Lipinski definition) is 10. The third kappa shape index (κ3) is 15.0. The summed E-state index contributed by atoms with van der Waals surface area (Å²) in [6.45, 7) is 3.51. The minimum absolute atomic E-state index is 0.0501. The number of carbonyl (C=O) groups is 4. The molecule has 0 bridgehead atoms. The fraction of sp³-hybridized carbons (Fsp3) is 0.463. The summed E-state index contributed by atoms with van der Waals surface area (Å²) in [5.41, 5.74) is 12.0. The van der Waals surface area contributed by atoms with Crippen LogP contribution in [-0.2, 0) is 21.9 Å². The maximum Gasteiger partial charge on any atom is 0.416 e. The number of nitrogens with one attached hydrogen (secondary N) is 7. The van der Waals surface area contributed by atoms with E-state index < -0.39 is 58.5 Å². The lowest BCUT2D eigenvalue weighted by Crippen LogP contribution is -2.44. The van der Waals surface area contributed by atoms with E-state index in [0.29, 0.717) is 77.6 Å². The molecule has 0 radical (unpaired) electrons. The Hall–Kier alpha value is -6.96. The molecule has 4 amide bonds. The summed E-state index contributed by atoms with van der Waals surface area (Å²) >= 11 is 0. The van der Waals surface area contributed by atoms with Crippen molar-refractivity contribution >= 4 is 69.7 Å². The van der Waals surface area contributed by atoms with Crippen LogP contribution in [0.15, 0.2) is 46.6 Å². The lowest BCUT2D eigenvalue weighted by Gasteiger charge is -2.33. The van der Waals surface area contributed by atoms with Crippen molar-refractivity contribution in [1.29, 1.82) is 0 Å². The van der Waals surface area contributed by atoms with Crippen molar-refractivity contribution in [1.82, 2.24) is 25.9 Å². The van der Waals surface area contributed by atoms with Gasteiger partial charge in [-0.3, -0.25) is 29.2 Å². The van der Waals surface area contributed by atoms with E-state index in [1.807, 2.05) is 0 Å². The Morgan fingerprint density at radius 2 is 1.06 bits per heavy atom. The topological polar surface area (TPSA) is 288 Å². The number of aromatic nitrogens is 2. The minimum atomic E-state index is -4.92. The first-order chi connectivity index (χ1) is 31.8. The average molecular weight is 949 g/mol. The predicted octanol–water partition coefficient (Wildman–Crippen LogP) is 2.86. The van der Waals surface area contributed by atoms with Crippen molar-refractivity contribution < 1.29 is 45.5 Å². The highest BCUT2D eigenvalue weighted by atomic mass is 19.4. The highest BCUT2D eigenvalue weighted by molar-refractivity contribution is 6.11. The van der Waals surface area contributed by atoms with Crippen molar-refractivity contribution in [3.8, 4) is 0 Å². The summed E-state index contributed by atoms with van der Waals surface area (Å²) in [6.07, 6.45) is -7.55. The number of alkyl halides is 6. The molecule has 0 atom stereocenters. The second-order valence-corrected chi connectivity index (χ2v) is 15.4. The first-order valence-electron chi connectivity index (χ1n) is 21.3. The number of aliphatic imine (C=N–C) groups is 2. The summed E-state index contributed by atoms with van der Waals surface area (Å²) in [4.78, 5) is 72.9. The zero-order valence-electron chi connectivity index (χ0n) is 36.6. The van der Waals surface area contributed by atoms with Crippen molar-refractivity contribution in [2.24, 2.45) is 27.2 Å². The van der Waals surface area contributed by atoms with E-state index in [2.05, 4.69) is 57.2 Å². The van der Waals surface area contributed by atoms with Crippen LogP contribution in [0.1, 0.15) is 70.6 Å². The van der Waals surface area contributed by atoms with Gasteiger partial charge in [0.1, 0.15) is 17.7 Å². The van der Waals surface area contributed by atoms with Gasteiger partial charge < -0.3 is 64.2 Å². The molecule has 2 aliphatic rings. The summed E-state index contributed by atoms with van der Waals surface area (Å²) in [5, 5.41) is 19.2. The van der Waals surface area contributed by atoms with Crippen LogP contribution < -0.4 is 64.2 Å². The monoisotopic (exact) mass is 948 g/mol. The van der Waals surface area contributed by atoms with E-state index in [1.54, 1.807) is 9.80 Å². The molecular formula is C41H54F6N16O4. The Bertz CT molecular complexity index is 2290. The highest BCUT2D eigenvalue weighted by Crippen LogP contribution is 2.43. The summed E-state index contributed by atoms with van der Waals surface area (Å²) < 4.78 is 86.4. The van der Waals surface area contributed by atoms with Gasteiger partial charge in [-0.25, -0.2) is 9.97 Å². The molecule has 5 rings (SSSR count). The zero-order chi connectivity index (χ0) is 48.7. The first-order valence-corrected chi connectivity index (χ1v) is 21.3. The molecule has 67 heavy (non-hydrogen) atoms. The number of guanidine groups is 2. The molecule has 0 spiro atoms. The van der Waals surface area contributed by atoms with Gasteiger partial charge in [0.15, 0.2) is 11.9 Å². The van der Waals surface area contributed by atoms with Gasteiger partial charge in [-0.2, -0.15) is 26.3 Å². The molecule has 0 aliphatic carbocycles.